The molecule has 1 aromatic carbocycles. The van der Waals surface area contributed by atoms with E-state index in [1.54, 1.807) is 25.1 Å². The summed E-state index contributed by atoms with van der Waals surface area (Å²) in [7, 11) is 0. The molecular formula is C16H16N4O5. The number of hydrogen-bond donors (Lipinski definition) is 1. The zero-order chi connectivity index (χ0) is 18.8. The molecule has 9 heteroatoms. The Bertz CT molecular complexity index is 718. The molecule has 0 radical (unpaired) electrons. The van der Waals surface area contributed by atoms with Crippen LogP contribution in [0.4, 0.5) is 21.0 Å². The molecule has 1 rings (SSSR count). The van der Waals surface area contributed by atoms with Gasteiger partial charge in [0.15, 0.2) is 13.2 Å². The molecule has 0 saturated heterocycles. The predicted molar refractivity (Wildman–Crippen MR) is 86.5 cm³/mol. The first kappa shape index (κ1) is 19.5. The van der Waals surface area contributed by atoms with Crippen LogP contribution in [-0.2, 0) is 20.7 Å². The summed E-state index contributed by atoms with van der Waals surface area (Å²) in [6, 6.07) is 7.85. The van der Waals surface area contributed by atoms with Crippen LogP contribution in [0.25, 0.3) is 0 Å². The fourth-order valence-electron chi connectivity index (χ4n) is 2.05. The number of amides is 3. The van der Waals surface area contributed by atoms with E-state index in [0.29, 0.717) is 22.6 Å². The molecule has 0 aromatic heterocycles. The number of imide groups is 1. The first-order chi connectivity index (χ1) is 12.0. The molecule has 130 valence electrons. The highest BCUT2D eigenvalue weighted by Crippen LogP contribution is 2.29. The normalized spacial score (nSPS) is 9.28. The quantitative estimate of drug-likeness (QED) is 0.866. The van der Waals surface area contributed by atoms with Gasteiger partial charge in [0.2, 0.25) is 5.91 Å². The van der Waals surface area contributed by atoms with Gasteiger partial charge in [0.1, 0.15) is 12.1 Å². The van der Waals surface area contributed by atoms with Gasteiger partial charge in [-0.05, 0) is 24.1 Å². The minimum atomic E-state index is -1.13. The molecule has 0 atom stereocenters. The van der Waals surface area contributed by atoms with Crippen LogP contribution in [-0.4, -0.2) is 31.3 Å². The van der Waals surface area contributed by atoms with Crippen molar-refractivity contribution in [3.05, 3.63) is 23.8 Å². The third-order valence-corrected chi connectivity index (χ3v) is 2.94. The smallest absolute Gasteiger partial charge is 0.425 e. The number of nitriles is 2. The van der Waals surface area contributed by atoms with E-state index < -0.39 is 25.4 Å². The van der Waals surface area contributed by atoms with Crippen LogP contribution in [0.15, 0.2) is 18.2 Å². The monoisotopic (exact) mass is 344 g/mol. The van der Waals surface area contributed by atoms with Crippen molar-refractivity contribution in [1.82, 2.24) is 0 Å². The molecule has 0 spiro atoms. The molecule has 0 saturated carbocycles. The summed E-state index contributed by atoms with van der Waals surface area (Å²) in [6.45, 7) is 1.97. The SMILES string of the molecule is CCc1c(NC(C)=O)cccc1N(C(=O)OCC#N)C(=O)OCC#N. The Hall–Kier alpha value is -3.59. The Balaban J connectivity index is 3.36. The molecule has 1 aromatic rings. The van der Waals surface area contributed by atoms with Crippen molar-refractivity contribution in [1.29, 1.82) is 10.5 Å². The number of nitrogens with zero attached hydrogens (tertiary/aromatic N) is 3. The molecule has 3 amide bonds. The van der Waals surface area contributed by atoms with Crippen LogP contribution >= 0.6 is 0 Å². The highest BCUT2D eigenvalue weighted by Gasteiger charge is 2.29. The van der Waals surface area contributed by atoms with Crippen molar-refractivity contribution in [2.45, 2.75) is 20.3 Å². The van der Waals surface area contributed by atoms with E-state index in [-0.39, 0.29) is 11.6 Å². The van der Waals surface area contributed by atoms with Gasteiger partial charge in [-0.15, -0.1) is 0 Å². The Morgan fingerprint density at radius 1 is 1.12 bits per heavy atom. The van der Waals surface area contributed by atoms with Gasteiger partial charge in [-0.2, -0.15) is 15.4 Å². The third kappa shape index (κ3) is 5.22. The van der Waals surface area contributed by atoms with Crippen molar-refractivity contribution in [3.8, 4) is 12.1 Å². The molecule has 25 heavy (non-hydrogen) atoms. The van der Waals surface area contributed by atoms with Gasteiger partial charge in [0.05, 0.1) is 5.69 Å². The van der Waals surface area contributed by atoms with Gasteiger partial charge < -0.3 is 14.8 Å². The fourth-order valence-corrected chi connectivity index (χ4v) is 2.05. The molecule has 0 unspecified atom stereocenters. The molecule has 0 aliphatic carbocycles. The van der Waals surface area contributed by atoms with Crippen LogP contribution in [0.2, 0.25) is 0 Å². The average Bonchev–Trinajstić information content (AvgIpc) is 2.58. The molecule has 0 bridgehead atoms. The lowest BCUT2D eigenvalue weighted by Crippen LogP contribution is -2.39. The topological polar surface area (TPSA) is 133 Å². The van der Waals surface area contributed by atoms with Crippen molar-refractivity contribution in [2.24, 2.45) is 0 Å². The van der Waals surface area contributed by atoms with E-state index in [1.165, 1.54) is 19.1 Å². The Morgan fingerprint density at radius 2 is 1.68 bits per heavy atom. The number of carbonyl (C=O) groups is 3. The zero-order valence-electron chi connectivity index (χ0n) is 13.7. The van der Waals surface area contributed by atoms with Crippen LogP contribution in [0.1, 0.15) is 19.4 Å². The van der Waals surface area contributed by atoms with Crippen LogP contribution in [0, 0.1) is 22.7 Å². The maximum Gasteiger partial charge on any atom is 0.425 e. The molecule has 0 fully saturated rings. The maximum atomic E-state index is 12.2. The minimum absolute atomic E-state index is 0.125. The lowest BCUT2D eigenvalue weighted by molar-refractivity contribution is -0.114. The Kier molecular flexibility index (Phi) is 7.41. The second-order valence-electron chi connectivity index (χ2n) is 4.60. The lowest BCUT2D eigenvalue weighted by Gasteiger charge is -2.22. The average molecular weight is 344 g/mol. The van der Waals surface area contributed by atoms with Gasteiger partial charge in [0.25, 0.3) is 0 Å². The minimum Gasteiger partial charge on any atom is -0.433 e. The molecule has 0 aliphatic rings. The fraction of sp³-hybridized carbons (Fsp3) is 0.312. The Labute approximate surface area is 144 Å². The van der Waals surface area contributed by atoms with E-state index in [9.17, 15) is 14.4 Å². The number of ether oxygens (including phenoxy) is 2. The zero-order valence-corrected chi connectivity index (χ0v) is 13.7. The summed E-state index contributed by atoms with van der Waals surface area (Å²) in [6.07, 6.45) is -1.88. The van der Waals surface area contributed by atoms with E-state index in [2.05, 4.69) is 14.8 Å². The predicted octanol–water partition coefficient (Wildman–Crippen LogP) is 2.33. The standard InChI is InChI=1S/C16H16N4O5/c1-3-12-13(19-11(2)21)5-4-6-14(12)20(15(22)24-9-7-17)16(23)25-10-8-18/h4-6H,3,9-10H2,1-2H3,(H,19,21). The summed E-state index contributed by atoms with van der Waals surface area (Å²) >= 11 is 0. The summed E-state index contributed by atoms with van der Waals surface area (Å²) < 4.78 is 9.37. The number of rotatable bonds is 5. The highest BCUT2D eigenvalue weighted by atomic mass is 16.6. The van der Waals surface area contributed by atoms with Gasteiger partial charge in [-0.3, -0.25) is 4.79 Å². The van der Waals surface area contributed by atoms with Gasteiger partial charge in [0, 0.05) is 12.6 Å². The number of benzene rings is 1. The second kappa shape index (κ2) is 9.53. The summed E-state index contributed by atoms with van der Waals surface area (Å²) in [5, 5.41) is 19.7. The first-order valence-corrected chi connectivity index (χ1v) is 7.23. The Morgan fingerprint density at radius 3 is 2.12 bits per heavy atom. The molecular weight excluding hydrogens is 328 g/mol. The number of nitrogens with one attached hydrogen (secondary N) is 1. The summed E-state index contributed by atoms with van der Waals surface area (Å²) in [5.41, 5.74) is 1.03. The van der Waals surface area contributed by atoms with Crippen molar-refractivity contribution >= 4 is 29.5 Å². The third-order valence-electron chi connectivity index (χ3n) is 2.94. The van der Waals surface area contributed by atoms with E-state index in [4.69, 9.17) is 10.5 Å². The van der Waals surface area contributed by atoms with Crippen molar-refractivity contribution < 1.29 is 23.9 Å². The molecule has 9 nitrogen and oxygen atoms in total. The largest absolute Gasteiger partial charge is 0.433 e. The van der Waals surface area contributed by atoms with Gasteiger partial charge in [-0.25, -0.2) is 9.59 Å². The maximum absolute atomic E-state index is 12.2. The first-order valence-electron chi connectivity index (χ1n) is 7.23. The van der Waals surface area contributed by atoms with E-state index in [1.807, 2.05) is 0 Å². The van der Waals surface area contributed by atoms with E-state index in [0.717, 1.165) is 0 Å². The number of anilines is 2. The lowest BCUT2D eigenvalue weighted by atomic mass is 10.1. The van der Waals surface area contributed by atoms with Crippen LogP contribution < -0.4 is 10.2 Å². The van der Waals surface area contributed by atoms with Crippen LogP contribution in [0.3, 0.4) is 0 Å². The molecule has 0 heterocycles. The summed E-state index contributed by atoms with van der Waals surface area (Å²) in [4.78, 5) is 36.3. The van der Waals surface area contributed by atoms with Crippen LogP contribution in [0.5, 0.6) is 0 Å². The highest BCUT2D eigenvalue weighted by molar-refractivity contribution is 6.10. The molecule has 0 aliphatic heterocycles. The van der Waals surface area contributed by atoms with Gasteiger partial charge in [-0.1, -0.05) is 13.0 Å². The molecule has 1 N–H and O–H groups in total. The second-order valence-corrected chi connectivity index (χ2v) is 4.60. The number of hydrogen-bond acceptors (Lipinski definition) is 7. The number of carbonyl (C=O) groups excluding carboxylic acids is 3. The van der Waals surface area contributed by atoms with Crippen molar-refractivity contribution in [2.75, 3.05) is 23.4 Å². The van der Waals surface area contributed by atoms with Gasteiger partial charge >= 0.3 is 12.2 Å². The van der Waals surface area contributed by atoms with Crippen molar-refractivity contribution in [3.63, 3.8) is 0 Å². The summed E-state index contributed by atoms with van der Waals surface area (Å²) in [5.74, 6) is -0.322. The van der Waals surface area contributed by atoms with E-state index >= 15 is 0 Å².